The van der Waals surface area contributed by atoms with Crippen LogP contribution < -0.4 is 5.32 Å². The first-order valence-corrected chi connectivity index (χ1v) is 7.64. The van der Waals surface area contributed by atoms with Gasteiger partial charge in [-0.2, -0.15) is 0 Å². The van der Waals surface area contributed by atoms with Crippen LogP contribution in [0.5, 0.6) is 0 Å². The van der Waals surface area contributed by atoms with Crippen molar-refractivity contribution in [2.24, 2.45) is 0 Å². The van der Waals surface area contributed by atoms with Crippen LogP contribution in [-0.4, -0.2) is 23.3 Å². The van der Waals surface area contributed by atoms with Gasteiger partial charge in [0.1, 0.15) is 0 Å². The molecular formula is C17H25N3O. The van der Waals surface area contributed by atoms with E-state index in [1.165, 1.54) is 5.56 Å². The summed E-state index contributed by atoms with van der Waals surface area (Å²) in [5.41, 5.74) is 2.43. The van der Waals surface area contributed by atoms with E-state index in [1.54, 1.807) is 0 Å². The molecular weight excluding hydrogens is 262 g/mol. The van der Waals surface area contributed by atoms with E-state index >= 15 is 0 Å². The van der Waals surface area contributed by atoms with Crippen molar-refractivity contribution in [1.82, 2.24) is 15.5 Å². The molecule has 0 saturated carbocycles. The van der Waals surface area contributed by atoms with Crippen LogP contribution >= 0.6 is 0 Å². The normalized spacial score (nSPS) is 11.8. The zero-order valence-electron chi connectivity index (χ0n) is 13.4. The minimum absolute atomic E-state index is 0.156. The van der Waals surface area contributed by atoms with E-state index in [1.807, 2.05) is 12.1 Å². The van der Waals surface area contributed by atoms with Crippen LogP contribution in [-0.2, 0) is 11.8 Å². The largest absolute Gasteiger partial charge is 0.421 e. The van der Waals surface area contributed by atoms with Gasteiger partial charge in [-0.25, -0.2) is 0 Å². The summed E-state index contributed by atoms with van der Waals surface area (Å²) in [6.07, 6.45) is 1.91. The van der Waals surface area contributed by atoms with Crippen LogP contribution in [0.15, 0.2) is 28.7 Å². The van der Waals surface area contributed by atoms with Crippen molar-refractivity contribution in [2.75, 3.05) is 13.1 Å². The average molecular weight is 287 g/mol. The van der Waals surface area contributed by atoms with E-state index in [9.17, 15) is 0 Å². The summed E-state index contributed by atoms with van der Waals surface area (Å²) in [6, 6.07) is 8.35. The molecule has 0 bridgehead atoms. The first-order valence-electron chi connectivity index (χ1n) is 7.64. The Morgan fingerprint density at radius 1 is 1.05 bits per heavy atom. The molecule has 1 aromatic carbocycles. The fourth-order valence-corrected chi connectivity index (χ4v) is 2.08. The van der Waals surface area contributed by atoms with E-state index in [0.717, 1.165) is 31.5 Å². The number of nitrogens with zero attached hydrogens (tertiary/aromatic N) is 2. The van der Waals surface area contributed by atoms with Crippen molar-refractivity contribution in [3.63, 3.8) is 0 Å². The van der Waals surface area contributed by atoms with Crippen LogP contribution in [0.1, 0.15) is 45.6 Å². The van der Waals surface area contributed by atoms with Gasteiger partial charge in [0.05, 0.1) is 0 Å². The van der Waals surface area contributed by atoms with Gasteiger partial charge in [-0.05, 0) is 36.1 Å². The van der Waals surface area contributed by atoms with Gasteiger partial charge in [0.2, 0.25) is 11.8 Å². The maximum Gasteiger partial charge on any atom is 0.247 e. The second-order valence-electron chi connectivity index (χ2n) is 6.33. The molecule has 0 aliphatic rings. The molecule has 1 N–H and O–H groups in total. The SMILES string of the molecule is CCCNCCc1nnc(-c2ccc(C(C)(C)C)cc2)o1. The van der Waals surface area contributed by atoms with Crippen molar-refractivity contribution < 1.29 is 4.42 Å². The topological polar surface area (TPSA) is 51.0 Å². The third-order valence-electron chi connectivity index (χ3n) is 3.41. The molecule has 21 heavy (non-hydrogen) atoms. The summed E-state index contributed by atoms with van der Waals surface area (Å²) < 4.78 is 5.71. The summed E-state index contributed by atoms with van der Waals surface area (Å²) in [7, 11) is 0. The molecule has 4 nitrogen and oxygen atoms in total. The Morgan fingerprint density at radius 3 is 2.38 bits per heavy atom. The van der Waals surface area contributed by atoms with Crippen molar-refractivity contribution in [3.05, 3.63) is 35.7 Å². The van der Waals surface area contributed by atoms with Crippen molar-refractivity contribution in [2.45, 2.75) is 46.0 Å². The lowest BCUT2D eigenvalue weighted by Gasteiger charge is -2.18. The Kier molecular flexibility index (Phi) is 5.12. The second-order valence-corrected chi connectivity index (χ2v) is 6.33. The van der Waals surface area contributed by atoms with Gasteiger partial charge in [-0.15, -0.1) is 10.2 Å². The number of nitrogens with one attached hydrogen (secondary N) is 1. The van der Waals surface area contributed by atoms with Crippen LogP contribution in [0.2, 0.25) is 0 Å². The highest BCUT2D eigenvalue weighted by molar-refractivity contribution is 5.53. The van der Waals surface area contributed by atoms with E-state index in [-0.39, 0.29) is 5.41 Å². The Hall–Kier alpha value is -1.68. The van der Waals surface area contributed by atoms with E-state index in [0.29, 0.717) is 11.8 Å². The molecule has 0 radical (unpaired) electrons. The highest BCUT2D eigenvalue weighted by atomic mass is 16.4. The van der Waals surface area contributed by atoms with Crippen molar-refractivity contribution in [1.29, 1.82) is 0 Å². The summed E-state index contributed by atoms with van der Waals surface area (Å²) in [5.74, 6) is 1.29. The molecule has 4 heteroatoms. The molecule has 0 unspecified atom stereocenters. The first kappa shape index (κ1) is 15.7. The molecule has 2 rings (SSSR count). The Labute approximate surface area is 127 Å². The first-order chi connectivity index (χ1) is 10.0. The third-order valence-corrected chi connectivity index (χ3v) is 3.41. The Morgan fingerprint density at radius 2 is 1.76 bits per heavy atom. The zero-order chi connectivity index (χ0) is 15.3. The highest BCUT2D eigenvalue weighted by Gasteiger charge is 2.14. The third kappa shape index (κ3) is 4.39. The van der Waals surface area contributed by atoms with Gasteiger partial charge in [0, 0.05) is 18.5 Å². The standard InChI is InChI=1S/C17H25N3O/c1-5-11-18-12-10-15-19-20-16(21-15)13-6-8-14(9-7-13)17(2,3)4/h6-9,18H,5,10-12H2,1-4H3. The fraction of sp³-hybridized carbons (Fsp3) is 0.529. The van der Waals surface area contributed by atoms with Crippen molar-refractivity contribution in [3.8, 4) is 11.5 Å². The van der Waals surface area contributed by atoms with Gasteiger partial charge in [0.25, 0.3) is 0 Å². The molecule has 1 heterocycles. The lowest BCUT2D eigenvalue weighted by atomic mass is 9.87. The number of aromatic nitrogens is 2. The summed E-state index contributed by atoms with van der Waals surface area (Å²) in [6.45, 7) is 10.7. The minimum Gasteiger partial charge on any atom is -0.421 e. The monoisotopic (exact) mass is 287 g/mol. The molecule has 0 aliphatic heterocycles. The highest BCUT2D eigenvalue weighted by Crippen LogP contribution is 2.25. The minimum atomic E-state index is 0.156. The number of benzene rings is 1. The van der Waals surface area contributed by atoms with Gasteiger partial charge >= 0.3 is 0 Å². The summed E-state index contributed by atoms with van der Waals surface area (Å²) in [5, 5.41) is 11.6. The van der Waals surface area contributed by atoms with Crippen LogP contribution in [0.4, 0.5) is 0 Å². The average Bonchev–Trinajstić information content (AvgIpc) is 2.92. The van der Waals surface area contributed by atoms with Crippen LogP contribution in [0.25, 0.3) is 11.5 Å². The Bertz CT molecular complexity index is 552. The van der Waals surface area contributed by atoms with E-state index < -0.39 is 0 Å². The predicted octanol–water partition coefficient (Wildman–Crippen LogP) is 3.58. The smallest absolute Gasteiger partial charge is 0.247 e. The fourth-order valence-electron chi connectivity index (χ4n) is 2.08. The summed E-state index contributed by atoms with van der Waals surface area (Å²) >= 11 is 0. The van der Waals surface area contributed by atoms with Gasteiger partial charge in [-0.1, -0.05) is 39.8 Å². The molecule has 2 aromatic rings. The molecule has 0 amide bonds. The number of hydrogen-bond acceptors (Lipinski definition) is 4. The van der Waals surface area contributed by atoms with Crippen LogP contribution in [0.3, 0.4) is 0 Å². The lowest BCUT2D eigenvalue weighted by Crippen LogP contribution is -2.17. The molecule has 114 valence electrons. The van der Waals surface area contributed by atoms with E-state index in [4.69, 9.17) is 4.42 Å². The molecule has 0 saturated heterocycles. The Balaban J connectivity index is 2.00. The number of rotatable bonds is 6. The van der Waals surface area contributed by atoms with Gasteiger partial charge < -0.3 is 9.73 Å². The molecule has 0 fully saturated rings. The van der Waals surface area contributed by atoms with Gasteiger partial charge in [-0.3, -0.25) is 0 Å². The second kappa shape index (κ2) is 6.85. The van der Waals surface area contributed by atoms with Crippen LogP contribution in [0, 0.1) is 0 Å². The molecule has 0 spiro atoms. The molecule has 1 aromatic heterocycles. The quantitative estimate of drug-likeness (QED) is 0.825. The van der Waals surface area contributed by atoms with Gasteiger partial charge in [0.15, 0.2) is 0 Å². The maximum absolute atomic E-state index is 5.71. The van der Waals surface area contributed by atoms with Crippen molar-refractivity contribution >= 4 is 0 Å². The molecule has 0 aliphatic carbocycles. The predicted molar refractivity (Wildman–Crippen MR) is 85.3 cm³/mol. The lowest BCUT2D eigenvalue weighted by molar-refractivity contribution is 0.494. The summed E-state index contributed by atoms with van der Waals surface area (Å²) in [4.78, 5) is 0. The maximum atomic E-state index is 5.71. The van der Waals surface area contributed by atoms with E-state index in [2.05, 4.69) is 55.3 Å². The molecule has 0 atom stereocenters. The zero-order valence-corrected chi connectivity index (χ0v) is 13.4. The number of hydrogen-bond donors (Lipinski definition) is 1.